The van der Waals surface area contributed by atoms with Crippen molar-refractivity contribution in [2.45, 2.75) is 67.3 Å². The van der Waals surface area contributed by atoms with Crippen LogP contribution < -0.4 is 5.56 Å². The zero-order valence-corrected chi connectivity index (χ0v) is 18.3. The highest BCUT2D eigenvalue weighted by atomic mass is 16.1. The standard InChI is InChI=1S/C23H29N5O/c1-8-17(9-2)27-23(29)20-15(6)24-21-19(16(7)25-28(21)22(20)26-27)18-13(4)10-12(3)11-14(18)5/h10-11,17,26H,8-9H2,1-7H3. The summed E-state index contributed by atoms with van der Waals surface area (Å²) in [5, 5.41) is 8.77. The van der Waals surface area contributed by atoms with E-state index in [1.807, 2.05) is 18.4 Å². The molecule has 0 saturated carbocycles. The lowest BCUT2D eigenvalue weighted by molar-refractivity contribution is 0.420. The number of aromatic nitrogens is 5. The molecule has 0 spiro atoms. The Morgan fingerprint density at radius 1 is 0.966 bits per heavy atom. The number of nitrogens with one attached hydrogen (secondary N) is 1. The van der Waals surface area contributed by atoms with Crippen molar-refractivity contribution in [1.29, 1.82) is 0 Å². The van der Waals surface area contributed by atoms with Crippen LogP contribution in [-0.2, 0) is 0 Å². The summed E-state index contributed by atoms with van der Waals surface area (Å²) in [6.07, 6.45) is 1.79. The Morgan fingerprint density at radius 2 is 1.59 bits per heavy atom. The van der Waals surface area contributed by atoms with Crippen LogP contribution in [0.1, 0.15) is 60.8 Å². The first-order chi connectivity index (χ1) is 13.8. The van der Waals surface area contributed by atoms with E-state index in [1.165, 1.54) is 22.3 Å². The summed E-state index contributed by atoms with van der Waals surface area (Å²) in [5.74, 6) is 0. The summed E-state index contributed by atoms with van der Waals surface area (Å²) in [6.45, 7) is 14.5. The molecule has 0 bridgehead atoms. The molecular weight excluding hydrogens is 362 g/mol. The minimum absolute atomic E-state index is 0.0157. The smallest absolute Gasteiger partial charge is 0.278 e. The van der Waals surface area contributed by atoms with Gasteiger partial charge in [0.2, 0.25) is 0 Å². The van der Waals surface area contributed by atoms with Crippen molar-refractivity contribution in [1.82, 2.24) is 24.4 Å². The molecule has 0 aliphatic rings. The van der Waals surface area contributed by atoms with Crippen molar-refractivity contribution < 1.29 is 0 Å². The molecule has 0 aliphatic carbocycles. The third-order valence-electron chi connectivity index (χ3n) is 6.01. The van der Waals surface area contributed by atoms with Crippen molar-refractivity contribution in [2.75, 3.05) is 0 Å². The number of rotatable bonds is 4. The largest absolute Gasteiger partial charge is 0.278 e. The van der Waals surface area contributed by atoms with E-state index in [-0.39, 0.29) is 11.6 Å². The molecule has 3 aromatic heterocycles. The minimum Gasteiger partial charge on any atom is -0.278 e. The van der Waals surface area contributed by atoms with Gasteiger partial charge in [0.05, 0.1) is 23.0 Å². The summed E-state index contributed by atoms with van der Waals surface area (Å²) in [4.78, 5) is 18.0. The molecule has 0 atom stereocenters. The molecule has 29 heavy (non-hydrogen) atoms. The van der Waals surface area contributed by atoms with Crippen LogP contribution in [0.5, 0.6) is 0 Å². The van der Waals surface area contributed by atoms with E-state index in [0.29, 0.717) is 5.39 Å². The molecule has 1 aromatic carbocycles. The highest BCUT2D eigenvalue weighted by Gasteiger charge is 2.23. The Morgan fingerprint density at radius 3 is 2.17 bits per heavy atom. The third kappa shape index (κ3) is 2.81. The van der Waals surface area contributed by atoms with Crippen LogP contribution in [0.4, 0.5) is 0 Å². The van der Waals surface area contributed by atoms with E-state index in [1.54, 1.807) is 4.68 Å². The maximum atomic E-state index is 13.1. The Labute approximate surface area is 170 Å². The molecule has 0 unspecified atom stereocenters. The normalized spacial score (nSPS) is 12.0. The van der Waals surface area contributed by atoms with Crippen LogP contribution in [0.3, 0.4) is 0 Å². The molecule has 0 amide bonds. The molecule has 4 aromatic rings. The first-order valence-corrected chi connectivity index (χ1v) is 10.4. The second kappa shape index (κ2) is 6.87. The Hall–Kier alpha value is -2.89. The van der Waals surface area contributed by atoms with Crippen LogP contribution in [0.2, 0.25) is 0 Å². The van der Waals surface area contributed by atoms with Gasteiger partial charge in [-0.2, -0.15) is 9.61 Å². The number of H-pyrrole nitrogens is 1. The molecule has 3 heterocycles. The van der Waals surface area contributed by atoms with E-state index in [0.717, 1.165) is 41.1 Å². The first-order valence-electron chi connectivity index (χ1n) is 10.4. The molecule has 6 nitrogen and oxygen atoms in total. The highest BCUT2D eigenvalue weighted by molar-refractivity contribution is 5.88. The predicted molar refractivity (Wildman–Crippen MR) is 118 cm³/mol. The van der Waals surface area contributed by atoms with Crippen molar-refractivity contribution in [3.63, 3.8) is 0 Å². The minimum atomic E-state index is -0.0157. The van der Waals surface area contributed by atoms with Gasteiger partial charge in [0.25, 0.3) is 5.56 Å². The van der Waals surface area contributed by atoms with Crippen LogP contribution >= 0.6 is 0 Å². The van der Waals surface area contributed by atoms with Gasteiger partial charge in [-0.15, -0.1) is 0 Å². The SMILES string of the molecule is CCC(CC)n1[nH]c2c(c(C)nc3c(-c4c(C)cc(C)cc4C)c(C)nn32)c1=O. The molecule has 0 saturated heterocycles. The van der Waals surface area contributed by atoms with Crippen LogP contribution in [0.25, 0.3) is 27.8 Å². The third-order valence-corrected chi connectivity index (χ3v) is 6.01. The zero-order valence-electron chi connectivity index (χ0n) is 18.3. The van der Waals surface area contributed by atoms with Crippen molar-refractivity contribution in [3.05, 3.63) is 50.6 Å². The van der Waals surface area contributed by atoms with Crippen LogP contribution in [-0.4, -0.2) is 24.4 Å². The van der Waals surface area contributed by atoms with Gasteiger partial charge in [0.1, 0.15) is 5.39 Å². The quantitative estimate of drug-likeness (QED) is 0.536. The van der Waals surface area contributed by atoms with Gasteiger partial charge in [-0.25, -0.2) is 9.67 Å². The zero-order chi connectivity index (χ0) is 21.0. The summed E-state index contributed by atoms with van der Waals surface area (Å²) in [5.41, 5.74) is 9.04. The summed E-state index contributed by atoms with van der Waals surface area (Å²) in [7, 11) is 0. The van der Waals surface area contributed by atoms with Crippen molar-refractivity contribution in [3.8, 4) is 11.1 Å². The topological polar surface area (TPSA) is 68.0 Å². The molecular formula is C23H29N5O. The molecule has 0 fully saturated rings. The van der Waals surface area contributed by atoms with E-state index in [9.17, 15) is 4.79 Å². The second-order valence-corrected chi connectivity index (χ2v) is 8.15. The number of aryl methyl sites for hydroxylation is 5. The summed E-state index contributed by atoms with van der Waals surface area (Å²) in [6, 6.07) is 4.53. The lowest BCUT2D eigenvalue weighted by Gasteiger charge is -2.12. The molecule has 1 N–H and O–H groups in total. The average molecular weight is 392 g/mol. The van der Waals surface area contributed by atoms with Gasteiger partial charge < -0.3 is 0 Å². The van der Waals surface area contributed by atoms with Gasteiger partial charge >= 0.3 is 0 Å². The summed E-state index contributed by atoms with van der Waals surface area (Å²) >= 11 is 0. The molecule has 0 aliphatic heterocycles. The number of hydrogen-bond donors (Lipinski definition) is 1. The van der Waals surface area contributed by atoms with Crippen LogP contribution in [0.15, 0.2) is 16.9 Å². The maximum Gasteiger partial charge on any atom is 0.278 e. The lowest BCUT2D eigenvalue weighted by Crippen LogP contribution is -2.21. The molecule has 152 valence electrons. The molecule has 4 rings (SSSR count). The monoisotopic (exact) mass is 391 g/mol. The van der Waals surface area contributed by atoms with E-state index in [2.05, 4.69) is 51.9 Å². The van der Waals surface area contributed by atoms with E-state index in [4.69, 9.17) is 10.1 Å². The average Bonchev–Trinajstić information content (AvgIpc) is 3.15. The second-order valence-electron chi connectivity index (χ2n) is 8.15. The fraction of sp³-hybridized carbons (Fsp3) is 0.435. The first kappa shape index (κ1) is 19.4. The van der Waals surface area contributed by atoms with Crippen LogP contribution in [0, 0.1) is 34.6 Å². The van der Waals surface area contributed by atoms with E-state index >= 15 is 0 Å². The Bertz CT molecular complexity index is 1280. The lowest BCUT2D eigenvalue weighted by atomic mass is 9.94. The number of fused-ring (bicyclic) bond motifs is 3. The van der Waals surface area contributed by atoms with E-state index < -0.39 is 0 Å². The van der Waals surface area contributed by atoms with Gasteiger partial charge in [-0.05, 0) is 64.2 Å². The Balaban J connectivity index is 2.11. The molecule has 0 radical (unpaired) electrons. The maximum absolute atomic E-state index is 13.1. The number of aromatic amines is 1. The molecule has 6 heteroatoms. The fourth-order valence-electron chi connectivity index (χ4n) is 4.69. The predicted octanol–water partition coefficient (Wildman–Crippen LogP) is 4.94. The van der Waals surface area contributed by atoms with Gasteiger partial charge in [0, 0.05) is 0 Å². The number of benzene rings is 1. The number of hydrogen-bond acceptors (Lipinski definition) is 3. The summed E-state index contributed by atoms with van der Waals surface area (Å²) < 4.78 is 3.56. The van der Waals surface area contributed by atoms with Gasteiger partial charge in [0.15, 0.2) is 11.3 Å². The highest BCUT2D eigenvalue weighted by Crippen LogP contribution is 2.34. The van der Waals surface area contributed by atoms with Gasteiger partial charge in [-0.3, -0.25) is 9.89 Å². The fourth-order valence-corrected chi connectivity index (χ4v) is 4.69. The number of nitrogens with zero attached hydrogens (tertiary/aromatic N) is 4. The van der Waals surface area contributed by atoms with Gasteiger partial charge in [-0.1, -0.05) is 31.5 Å². The van der Waals surface area contributed by atoms with Crippen molar-refractivity contribution in [2.24, 2.45) is 0 Å². The Kier molecular flexibility index (Phi) is 4.60. The van der Waals surface area contributed by atoms with Crippen molar-refractivity contribution >= 4 is 16.7 Å².